The second-order valence-corrected chi connectivity index (χ2v) is 5.58. The fraction of sp³-hybridized carbons (Fsp3) is 0.471. The Hall–Kier alpha value is -1.97. The summed E-state index contributed by atoms with van der Waals surface area (Å²) in [7, 11) is 1.71. The molecule has 2 heterocycles. The highest BCUT2D eigenvalue weighted by Crippen LogP contribution is 2.31. The molecule has 0 amide bonds. The summed E-state index contributed by atoms with van der Waals surface area (Å²) in [5.41, 5.74) is 2.45. The molecule has 0 saturated heterocycles. The van der Waals surface area contributed by atoms with Gasteiger partial charge in [0.05, 0.1) is 18.8 Å². The van der Waals surface area contributed by atoms with E-state index in [2.05, 4.69) is 41.2 Å². The molecule has 3 rings (SSSR count). The van der Waals surface area contributed by atoms with Gasteiger partial charge in [0, 0.05) is 12.6 Å². The molecule has 0 bridgehead atoms. The van der Waals surface area contributed by atoms with Gasteiger partial charge in [-0.1, -0.05) is 25.5 Å². The van der Waals surface area contributed by atoms with E-state index in [-0.39, 0.29) is 0 Å². The highest BCUT2D eigenvalue weighted by atomic mass is 16.5. The Morgan fingerprint density at radius 2 is 2.29 bits per heavy atom. The molecule has 1 atom stereocenters. The topological polar surface area (TPSA) is 39.1 Å². The lowest BCUT2D eigenvalue weighted by molar-refractivity contribution is 0.411. The van der Waals surface area contributed by atoms with Crippen LogP contribution in [-0.2, 0) is 6.42 Å². The van der Waals surface area contributed by atoms with E-state index in [1.807, 2.05) is 6.07 Å². The first kappa shape index (κ1) is 14.0. The molecular weight excluding hydrogens is 262 g/mol. The molecule has 1 N–H and O–H groups in total. The molecule has 0 fully saturated rings. The van der Waals surface area contributed by atoms with Gasteiger partial charge in [0.25, 0.3) is 0 Å². The standard InChI is InChI=1S/C17H23N3O/c1-3-4-7-14-12-17-18-10-9-16(20(17)19-14)13-6-5-8-15(11-13)21-2/h5-6,8,11-12,16,18H,3-4,7,9-10H2,1-2H3. The third kappa shape index (κ3) is 2.89. The number of methoxy groups -OCH3 is 1. The highest BCUT2D eigenvalue weighted by Gasteiger charge is 2.23. The minimum absolute atomic E-state index is 0.298. The predicted molar refractivity (Wildman–Crippen MR) is 85.1 cm³/mol. The van der Waals surface area contributed by atoms with Crippen molar-refractivity contribution in [2.24, 2.45) is 0 Å². The quantitative estimate of drug-likeness (QED) is 0.911. The molecule has 1 aliphatic rings. The number of hydrogen-bond acceptors (Lipinski definition) is 3. The van der Waals surface area contributed by atoms with Gasteiger partial charge in [0.2, 0.25) is 0 Å². The smallest absolute Gasteiger partial charge is 0.125 e. The van der Waals surface area contributed by atoms with Crippen LogP contribution in [0.3, 0.4) is 0 Å². The van der Waals surface area contributed by atoms with Gasteiger partial charge in [-0.3, -0.25) is 0 Å². The van der Waals surface area contributed by atoms with E-state index in [1.165, 1.54) is 24.1 Å². The number of benzene rings is 1. The van der Waals surface area contributed by atoms with E-state index in [9.17, 15) is 0 Å². The summed E-state index contributed by atoms with van der Waals surface area (Å²) in [6.07, 6.45) is 4.51. The summed E-state index contributed by atoms with van der Waals surface area (Å²) in [5.74, 6) is 2.05. The summed E-state index contributed by atoms with van der Waals surface area (Å²) in [6, 6.07) is 10.8. The van der Waals surface area contributed by atoms with Crippen molar-refractivity contribution in [1.29, 1.82) is 0 Å². The van der Waals surface area contributed by atoms with Crippen molar-refractivity contribution in [3.8, 4) is 5.75 Å². The average molecular weight is 285 g/mol. The zero-order valence-electron chi connectivity index (χ0n) is 12.8. The van der Waals surface area contributed by atoms with Gasteiger partial charge in [-0.2, -0.15) is 5.10 Å². The van der Waals surface area contributed by atoms with Crippen molar-refractivity contribution in [2.75, 3.05) is 19.0 Å². The Labute approximate surface area is 126 Å². The van der Waals surface area contributed by atoms with Gasteiger partial charge in [-0.25, -0.2) is 4.68 Å². The van der Waals surface area contributed by atoms with Gasteiger partial charge < -0.3 is 10.1 Å². The normalized spacial score (nSPS) is 17.1. The molecule has 112 valence electrons. The molecule has 1 aromatic heterocycles. The van der Waals surface area contributed by atoms with Crippen LogP contribution in [0.1, 0.15) is 43.5 Å². The molecule has 1 unspecified atom stereocenters. The van der Waals surface area contributed by atoms with E-state index < -0.39 is 0 Å². The molecular formula is C17H23N3O. The molecule has 2 aromatic rings. The van der Waals surface area contributed by atoms with Crippen molar-refractivity contribution in [3.63, 3.8) is 0 Å². The van der Waals surface area contributed by atoms with Crippen molar-refractivity contribution in [3.05, 3.63) is 41.6 Å². The summed E-state index contributed by atoms with van der Waals surface area (Å²) in [6.45, 7) is 3.20. The molecule has 1 aromatic carbocycles. The van der Waals surface area contributed by atoms with Gasteiger partial charge >= 0.3 is 0 Å². The molecule has 0 saturated carbocycles. The Balaban J connectivity index is 1.90. The molecule has 0 spiro atoms. The van der Waals surface area contributed by atoms with Gasteiger partial charge in [0.15, 0.2) is 0 Å². The largest absolute Gasteiger partial charge is 0.497 e. The summed E-state index contributed by atoms with van der Waals surface area (Å²) in [5, 5.41) is 8.27. The van der Waals surface area contributed by atoms with E-state index in [1.54, 1.807) is 7.11 Å². The maximum atomic E-state index is 5.35. The van der Waals surface area contributed by atoms with Crippen LogP contribution in [0.5, 0.6) is 5.75 Å². The lowest BCUT2D eigenvalue weighted by Crippen LogP contribution is -2.24. The number of rotatable bonds is 5. The van der Waals surface area contributed by atoms with Crippen molar-refractivity contribution >= 4 is 5.82 Å². The zero-order chi connectivity index (χ0) is 14.7. The monoisotopic (exact) mass is 285 g/mol. The average Bonchev–Trinajstić information content (AvgIpc) is 2.95. The van der Waals surface area contributed by atoms with Crippen LogP contribution in [0, 0.1) is 0 Å². The van der Waals surface area contributed by atoms with Gasteiger partial charge in [-0.15, -0.1) is 0 Å². The van der Waals surface area contributed by atoms with E-state index >= 15 is 0 Å². The molecule has 4 heteroatoms. The summed E-state index contributed by atoms with van der Waals surface area (Å²) < 4.78 is 7.49. The zero-order valence-corrected chi connectivity index (χ0v) is 12.8. The van der Waals surface area contributed by atoms with Crippen molar-refractivity contribution in [2.45, 2.75) is 38.6 Å². The van der Waals surface area contributed by atoms with Gasteiger partial charge in [0.1, 0.15) is 11.6 Å². The number of aromatic nitrogens is 2. The Kier molecular flexibility index (Phi) is 4.13. The molecule has 0 radical (unpaired) electrons. The molecule has 21 heavy (non-hydrogen) atoms. The van der Waals surface area contributed by atoms with E-state index in [0.29, 0.717) is 6.04 Å². The van der Waals surface area contributed by atoms with Crippen LogP contribution < -0.4 is 10.1 Å². The minimum atomic E-state index is 0.298. The Morgan fingerprint density at radius 3 is 3.10 bits per heavy atom. The first-order valence-corrected chi connectivity index (χ1v) is 7.78. The number of nitrogens with one attached hydrogen (secondary N) is 1. The third-order valence-electron chi connectivity index (χ3n) is 4.07. The lowest BCUT2D eigenvalue weighted by atomic mass is 10.0. The number of aryl methyl sites for hydroxylation is 1. The number of nitrogens with zero attached hydrogens (tertiary/aromatic N) is 2. The second-order valence-electron chi connectivity index (χ2n) is 5.58. The molecule has 4 nitrogen and oxygen atoms in total. The lowest BCUT2D eigenvalue weighted by Gasteiger charge is -2.26. The van der Waals surface area contributed by atoms with Crippen LogP contribution in [0.15, 0.2) is 30.3 Å². The third-order valence-corrected chi connectivity index (χ3v) is 4.07. The minimum Gasteiger partial charge on any atom is -0.497 e. The number of hydrogen-bond donors (Lipinski definition) is 1. The fourth-order valence-electron chi connectivity index (χ4n) is 2.91. The molecule has 0 aliphatic carbocycles. The SMILES string of the molecule is CCCCc1cc2n(n1)C(c1cccc(OC)c1)CCN2. The number of ether oxygens (including phenoxy) is 1. The van der Waals surface area contributed by atoms with Crippen LogP contribution in [0.4, 0.5) is 5.82 Å². The van der Waals surface area contributed by atoms with Crippen molar-refractivity contribution < 1.29 is 4.74 Å². The summed E-state index contributed by atoms with van der Waals surface area (Å²) in [4.78, 5) is 0. The highest BCUT2D eigenvalue weighted by molar-refractivity contribution is 5.42. The second kappa shape index (κ2) is 6.20. The maximum absolute atomic E-state index is 5.35. The molecule has 1 aliphatic heterocycles. The number of fused-ring (bicyclic) bond motifs is 1. The maximum Gasteiger partial charge on any atom is 0.125 e. The van der Waals surface area contributed by atoms with Crippen LogP contribution in [-0.4, -0.2) is 23.4 Å². The number of unbranched alkanes of at least 4 members (excludes halogenated alkanes) is 1. The number of anilines is 1. The van der Waals surface area contributed by atoms with Crippen molar-refractivity contribution in [1.82, 2.24) is 9.78 Å². The Bertz CT molecular complexity index is 606. The van der Waals surface area contributed by atoms with Gasteiger partial charge in [-0.05, 0) is 37.0 Å². The van der Waals surface area contributed by atoms with E-state index in [0.717, 1.165) is 31.0 Å². The Morgan fingerprint density at radius 1 is 1.38 bits per heavy atom. The fourth-order valence-corrected chi connectivity index (χ4v) is 2.91. The van der Waals surface area contributed by atoms with Crippen LogP contribution >= 0.6 is 0 Å². The van der Waals surface area contributed by atoms with E-state index in [4.69, 9.17) is 9.84 Å². The first-order valence-electron chi connectivity index (χ1n) is 7.78. The summed E-state index contributed by atoms with van der Waals surface area (Å²) >= 11 is 0. The predicted octanol–water partition coefficient (Wildman–Crippen LogP) is 3.64. The van der Waals surface area contributed by atoms with Crippen LogP contribution in [0.2, 0.25) is 0 Å². The first-order chi connectivity index (χ1) is 10.3. The van der Waals surface area contributed by atoms with Crippen LogP contribution in [0.25, 0.3) is 0 Å².